The van der Waals surface area contributed by atoms with Crippen LogP contribution in [0, 0.1) is 0 Å². The van der Waals surface area contributed by atoms with E-state index in [1.807, 2.05) is 42.5 Å². The number of hydrogen-bond acceptors (Lipinski definition) is 11. The molecule has 3 heterocycles. The minimum absolute atomic E-state index is 0.110. The standard InChI is InChI=1S/C30H34N6O3S2/c1-2-3-4-5-6-28(37)39-18-15-22-7-9-23(10-8-22)32-34-27-21-26-29(41-27)31-30(40-26)35-33-24-11-13-25(14-12-24)36-16-19-38-20-17-36/h7-14,21H,2-6,15-20H2,1H3. The lowest BCUT2D eigenvalue weighted by atomic mass is 10.1. The maximum atomic E-state index is 11.8. The van der Waals surface area contributed by atoms with Gasteiger partial charge in [-0.3, -0.25) is 4.79 Å². The molecule has 9 nitrogen and oxygen atoms in total. The van der Waals surface area contributed by atoms with E-state index in [-0.39, 0.29) is 5.97 Å². The average Bonchev–Trinajstić information content (AvgIpc) is 3.57. The molecule has 1 aliphatic rings. The SMILES string of the molecule is CCCCCCC(=O)OCCc1ccc(N=Nc2cc3sc(N=Nc4ccc(N5CCOCC5)cc4)nc3s2)cc1. The maximum Gasteiger partial charge on any atom is 0.305 e. The van der Waals surface area contributed by atoms with Gasteiger partial charge in [0.25, 0.3) is 0 Å². The van der Waals surface area contributed by atoms with Gasteiger partial charge in [0.2, 0.25) is 5.13 Å². The van der Waals surface area contributed by atoms with Crippen LogP contribution >= 0.6 is 22.7 Å². The van der Waals surface area contributed by atoms with Crippen molar-refractivity contribution in [3.8, 4) is 0 Å². The Bertz CT molecular complexity index is 1430. The monoisotopic (exact) mass is 590 g/mol. The van der Waals surface area contributed by atoms with Gasteiger partial charge in [0.15, 0.2) is 0 Å². The summed E-state index contributed by atoms with van der Waals surface area (Å²) in [5.41, 5.74) is 3.82. The first-order chi connectivity index (χ1) is 20.2. The van der Waals surface area contributed by atoms with Gasteiger partial charge in [0.1, 0.15) is 9.83 Å². The number of fused-ring (bicyclic) bond motifs is 1. The van der Waals surface area contributed by atoms with E-state index < -0.39 is 0 Å². The van der Waals surface area contributed by atoms with E-state index in [9.17, 15) is 4.79 Å². The molecule has 214 valence electrons. The van der Waals surface area contributed by atoms with E-state index in [2.05, 4.69) is 49.4 Å². The lowest BCUT2D eigenvalue weighted by Crippen LogP contribution is -2.36. The molecule has 0 aliphatic carbocycles. The second-order valence-electron chi connectivity index (χ2n) is 9.71. The van der Waals surface area contributed by atoms with Crippen LogP contribution in [0.2, 0.25) is 0 Å². The fourth-order valence-electron chi connectivity index (χ4n) is 4.34. The predicted octanol–water partition coefficient (Wildman–Crippen LogP) is 9.08. The van der Waals surface area contributed by atoms with E-state index in [1.54, 1.807) is 0 Å². The van der Waals surface area contributed by atoms with Gasteiger partial charge in [0, 0.05) is 31.6 Å². The number of ether oxygens (including phenoxy) is 2. The molecule has 0 radical (unpaired) electrons. The van der Waals surface area contributed by atoms with E-state index in [4.69, 9.17) is 9.47 Å². The summed E-state index contributed by atoms with van der Waals surface area (Å²) < 4.78 is 11.8. The molecule has 0 atom stereocenters. The van der Waals surface area contributed by atoms with Gasteiger partial charge >= 0.3 is 5.97 Å². The quantitative estimate of drug-likeness (QED) is 0.0878. The fraction of sp³-hybridized carbons (Fsp3) is 0.400. The molecule has 41 heavy (non-hydrogen) atoms. The molecule has 1 aliphatic heterocycles. The number of azo groups is 2. The summed E-state index contributed by atoms with van der Waals surface area (Å²) >= 11 is 2.96. The summed E-state index contributed by atoms with van der Waals surface area (Å²) in [7, 11) is 0. The van der Waals surface area contributed by atoms with Crippen LogP contribution in [0.25, 0.3) is 9.53 Å². The zero-order chi connectivity index (χ0) is 28.3. The summed E-state index contributed by atoms with van der Waals surface area (Å²) in [4.78, 5) is 19.6. The molecule has 0 spiro atoms. The Hall–Kier alpha value is -3.54. The Balaban J connectivity index is 1.08. The first kappa shape index (κ1) is 29.0. The third kappa shape index (κ3) is 8.72. The second-order valence-corrected chi connectivity index (χ2v) is 11.7. The van der Waals surface area contributed by atoms with Crippen LogP contribution in [-0.4, -0.2) is 43.9 Å². The molecule has 0 amide bonds. The zero-order valence-corrected chi connectivity index (χ0v) is 24.8. The number of carbonyl (C=O) groups excluding carboxylic acids is 1. The molecular formula is C30H34N6O3S2. The van der Waals surface area contributed by atoms with Crippen LogP contribution in [0.4, 0.5) is 27.2 Å². The summed E-state index contributed by atoms with van der Waals surface area (Å²) in [6.45, 7) is 5.90. The van der Waals surface area contributed by atoms with E-state index in [1.165, 1.54) is 34.8 Å². The van der Waals surface area contributed by atoms with Gasteiger partial charge in [-0.05, 0) is 54.4 Å². The topological polar surface area (TPSA) is 101 Å². The highest BCUT2D eigenvalue weighted by atomic mass is 32.1. The molecule has 0 unspecified atom stereocenters. The first-order valence-corrected chi connectivity index (χ1v) is 15.7. The average molecular weight is 591 g/mol. The number of nitrogens with zero attached hydrogens (tertiary/aromatic N) is 6. The van der Waals surface area contributed by atoms with Crippen molar-refractivity contribution in [1.29, 1.82) is 0 Å². The molecule has 1 saturated heterocycles. The van der Waals surface area contributed by atoms with Crippen LogP contribution in [0.1, 0.15) is 44.6 Å². The minimum Gasteiger partial charge on any atom is -0.465 e. The molecule has 4 aromatic rings. The van der Waals surface area contributed by atoms with E-state index in [0.717, 1.165) is 77.0 Å². The molecule has 11 heteroatoms. The maximum absolute atomic E-state index is 11.8. The number of esters is 1. The Morgan fingerprint density at radius 1 is 0.927 bits per heavy atom. The number of hydrogen-bond donors (Lipinski definition) is 0. The van der Waals surface area contributed by atoms with Crippen molar-refractivity contribution in [3.05, 3.63) is 60.2 Å². The van der Waals surface area contributed by atoms with Crippen LogP contribution in [0.15, 0.2) is 75.1 Å². The number of thiophene rings is 1. The number of carbonyl (C=O) groups is 1. The number of anilines is 1. The van der Waals surface area contributed by atoms with Gasteiger partial charge in [-0.2, -0.15) is 0 Å². The largest absolute Gasteiger partial charge is 0.465 e. The smallest absolute Gasteiger partial charge is 0.305 e. The van der Waals surface area contributed by atoms with Crippen LogP contribution in [0.3, 0.4) is 0 Å². The van der Waals surface area contributed by atoms with Crippen molar-refractivity contribution in [2.24, 2.45) is 20.5 Å². The summed E-state index contributed by atoms with van der Waals surface area (Å²) in [5.74, 6) is -0.110. The van der Waals surface area contributed by atoms with Crippen molar-refractivity contribution in [3.63, 3.8) is 0 Å². The Labute approximate surface area is 248 Å². The van der Waals surface area contributed by atoms with E-state index >= 15 is 0 Å². The van der Waals surface area contributed by atoms with Crippen molar-refractivity contribution >= 4 is 65.4 Å². The van der Waals surface area contributed by atoms with Gasteiger partial charge in [-0.25, -0.2) is 4.98 Å². The minimum atomic E-state index is -0.110. The lowest BCUT2D eigenvalue weighted by Gasteiger charge is -2.28. The number of rotatable bonds is 13. The molecular weight excluding hydrogens is 557 g/mol. The first-order valence-electron chi connectivity index (χ1n) is 14.1. The van der Waals surface area contributed by atoms with Crippen LogP contribution in [0.5, 0.6) is 0 Å². The molecule has 0 saturated carbocycles. The highest BCUT2D eigenvalue weighted by Crippen LogP contribution is 2.39. The molecule has 0 N–H and O–H groups in total. The van der Waals surface area contributed by atoms with Crippen LogP contribution in [-0.2, 0) is 20.7 Å². The molecule has 5 rings (SSSR count). The summed E-state index contributed by atoms with van der Waals surface area (Å²) in [6, 6.07) is 17.9. The fourth-order valence-corrected chi connectivity index (χ4v) is 6.19. The third-order valence-corrected chi connectivity index (χ3v) is 8.56. The lowest BCUT2D eigenvalue weighted by molar-refractivity contribution is -0.143. The molecule has 1 fully saturated rings. The number of morpholine rings is 1. The van der Waals surface area contributed by atoms with Gasteiger partial charge in [0.05, 0.1) is 35.9 Å². The zero-order valence-electron chi connectivity index (χ0n) is 23.2. The van der Waals surface area contributed by atoms with Gasteiger partial charge < -0.3 is 14.4 Å². The number of benzene rings is 2. The van der Waals surface area contributed by atoms with Crippen molar-refractivity contribution < 1.29 is 14.3 Å². The normalized spacial score (nSPS) is 14.0. The number of thiazole rings is 1. The molecule has 0 bridgehead atoms. The second kappa shape index (κ2) is 14.9. The van der Waals surface area contributed by atoms with Crippen molar-refractivity contribution in [2.75, 3.05) is 37.8 Å². The highest BCUT2D eigenvalue weighted by Gasteiger charge is 2.11. The van der Waals surface area contributed by atoms with Gasteiger partial charge in [-0.1, -0.05) is 61.0 Å². The third-order valence-electron chi connectivity index (χ3n) is 6.63. The van der Waals surface area contributed by atoms with Gasteiger partial charge in [-0.15, -0.1) is 20.5 Å². The Morgan fingerprint density at radius 3 is 2.39 bits per heavy atom. The highest BCUT2D eigenvalue weighted by molar-refractivity contribution is 7.30. The summed E-state index contributed by atoms with van der Waals surface area (Å²) in [6.07, 6.45) is 5.51. The number of unbranched alkanes of at least 4 members (excludes halogenated alkanes) is 3. The summed E-state index contributed by atoms with van der Waals surface area (Å²) in [5, 5.41) is 18.8. The Kier molecular flexibility index (Phi) is 10.5. The number of aromatic nitrogens is 1. The van der Waals surface area contributed by atoms with Crippen molar-refractivity contribution in [1.82, 2.24) is 4.98 Å². The van der Waals surface area contributed by atoms with Crippen LogP contribution < -0.4 is 4.90 Å². The molecule has 2 aromatic carbocycles. The molecule has 2 aromatic heterocycles. The van der Waals surface area contributed by atoms with E-state index in [0.29, 0.717) is 24.6 Å². The predicted molar refractivity (Wildman–Crippen MR) is 165 cm³/mol. The van der Waals surface area contributed by atoms with Crippen molar-refractivity contribution in [2.45, 2.75) is 45.4 Å². The Morgan fingerprint density at radius 2 is 1.66 bits per heavy atom.